The number of carbonyl (C=O) groups excluding carboxylic acids is 2. The largest absolute Gasteiger partial charge is 0.390 e. The molecule has 4 rings (SSSR count). The van der Waals surface area contributed by atoms with Gasteiger partial charge in [0.1, 0.15) is 0 Å². The van der Waals surface area contributed by atoms with Gasteiger partial charge in [-0.05, 0) is 104 Å². The lowest BCUT2D eigenvalue weighted by molar-refractivity contribution is -0.123. The molecule has 1 heterocycles. The Morgan fingerprint density at radius 3 is 2.34 bits per heavy atom. The van der Waals surface area contributed by atoms with E-state index in [1.165, 1.54) is 0 Å². The van der Waals surface area contributed by atoms with Gasteiger partial charge in [0, 0.05) is 22.8 Å². The predicted octanol–water partition coefficient (Wildman–Crippen LogP) is 7.88. The van der Waals surface area contributed by atoms with Crippen LogP contribution >= 0.6 is 11.6 Å². The number of anilines is 1. The molecule has 41 heavy (non-hydrogen) atoms. The van der Waals surface area contributed by atoms with Gasteiger partial charge in [-0.15, -0.1) is 0 Å². The van der Waals surface area contributed by atoms with Crippen LogP contribution in [0.2, 0.25) is 5.02 Å². The van der Waals surface area contributed by atoms with Gasteiger partial charge in [0.15, 0.2) is 0 Å². The summed E-state index contributed by atoms with van der Waals surface area (Å²) in [4.78, 5) is 29.8. The fraction of sp³-hybridized carbons (Fsp3) is 0.429. The molecule has 218 valence electrons. The van der Waals surface area contributed by atoms with Crippen molar-refractivity contribution in [2.75, 3.05) is 11.9 Å². The van der Waals surface area contributed by atoms with Gasteiger partial charge in [0.05, 0.1) is 17.6 Å². The zero-order chi connectivity index (χ0) is 29.9. The zero-order valence-electron chi connectivity index (χ0n) is 25.1. The lowest BCUT2D eigenvalue weighted by Crippen LogP contribution is -2.46. The molecular weight excluding hydrogens is 532 g/mol. The van der Waals surface area contributed by atoms with Crippen LogP contribution in [0, 0.1) is 12.8 Å². The normalized spacial score (nSPS) is 17.8. The molecule has 0 radical (unpaired) electrons. The number of likely N-dealkylation sites (tertiary alicyclic amines) is 1. The molecule has 0 saturated carbocycles. The Bertz CT molecular complexity index is 1390. The standard InChI is InChI=1S/C35H43ClN2O3/c1-23-21-27(36)16-17-29(23)33(40)38-20-8-11-30(32(39)37-28-10-7-9-26(22-28)34(2,3)4)31(38)25-14-12-24(13-15-25)18-19-35(5,6)41/h7,9-10,12-17,21-22,30-31,41H,8,11,18-20H2,1-6H3,(H,37,39)/t30-,31-/m0/s1. The van der Waals surface area contributed by atoms with Gasteiger partial charge in [-0.25, -0.2) is 0 Å². The van der Waals surface area contributed by atoms with Gasteiger partial charge >= 0.3 is 0 Å². The van der Waals surface area contributed by atoms with Crippen molar-refractivity contribution >= 4 is 29.1 Å². The van der Waals surface area contributed by atoms with E-state index in [0.29, 0.717) is 30.0 Å². The summed E-state index contributed by atoms with van der Waals surface area (Å²) in [5, 5.41) is 13.9. The molecule has 1 saturated heterocycles. The molecular formula is C35H43ClN2O3. The monoisotopic (exact) mass is 574 g/mol. The van der Waals surface area contributed by atoms with E-state index in [2.05, 4.69) is 32.2 Å². The number of hydrogen-bond donors (Lipinski definition) is 2. The van der Waals surface area contributed by atoms with E-state index in [9.17, 15) is 14.7 Å². The van der Waals surface area contributed by atoms with E-state index in [4.69, 9.17) is 11.6 Å². The summed E-state index contributed by atoms with van der Waals surface area (Å²) in [5.41, 5.74) is 4.58. The highest BCUT2D eigenvalue weighted by Crippen LogP contribution is 2.39. The summed E-state index contributed by atoms with van der Waals surface area (Å²) in [6.45, 7) is 12.5. The van der Waals surface area contributed by atoms with Gasteiger partial charge in [-0.3, -0.25) is 9.59 Å². The Balaban J connectivity index is 1.68. The summed E-state index contributed by atoms with van der Waals surface area (Å²) < 4.78 is 0. The number of piperidine rings is 1. The maximum absolute atomic E-state index is 14.0. The predicted molar refractivity (Wildman–Crippen MR) is 168 cm³/mol. The second-order valence-electron chi connectivity index (χ2n) is 13.0. The number of hydrogen-bond acceptors (Lipinski definition) is 3. The van der Waals surface area contributed by atoms with Crippen molar-refractivity contribution in [3.8, 4) is 0 Å². The Hall–Kier alpha value is -3.15. The summed E-state index contributed by atoms with van der Waals surface area (Å²) in [6.07, 6.45) is 2.81. The molecule has 0 unspecified atom stereocenters. The van der Waals surface area contributed by atoms with Crippen LogP contribution in [-0.2, 0) is 16.6 Å². The van der Waals surface area contributed by atoms with E-state index in [1.54, 1.807) is 18.2 Å². The molecule has 0 aromatic heterocycles. The number of rotatable bonds is 7. The van der Waals surface area contributed by atoms with Crippen molar-refractivity contribution < 1.29 is 14.7 Å². The molecule has 3 aromatic carbocycles. The Morgan fingerprint density at radius 2 is 1.71 bits per heavy atom. The first-order valence-corrected chi connectivity index (χ1v) is 14.9. The molecule has 2 amide bonds. The van der Waals surface area contributed by atoms with Crippen molar-refractivity contribution in [3.05, 3.63) is 99.6 Å². The minimum absolute atomic E-state index is 0.0409. The summed E-state index contributed by atoms with van der Waals surface area (Å²) >= 11 is 6.19. The van der Waals surface area contributed by atoms with E-state index >= 15 is 0 Å². The third-order valence-corrected chi connectivity index (χ3v) is 8.23. The highest BCUT2D eigenvalue weighted by molar-refractivity contribution is 6.30. The molecule has 0 spiro atoms. The number of aryl methyl sites for hydroxylation is 2. The third-order valence-electron chi connectivity index (χ3n) is 7.99. The minimum atomic E-state index is -0.741. The van der Waals surface area contributed by atoms with E-state index in [1.807, 2.05) is 68.1 Å². The van der Waals surface area contributed by atoms with Crippen LogP contribution in [-0.4, -0.2) is 34.0 Å². The second-order valence-corrected chi connectivity index (χ2v) is 13.5. The lowest BCUT2D eigenvalue weighted by Gasteiger charge is -2.41. The Kier molecular flexibility index (Phi) is 9.30. The first kappa shape index (κ1) is 30.8. The zero-order valence-corrected chi connectivity index (χ0v) is 25.9. The minimum Gasteiger partial charge on any atom is -0.390 e. The topological polar surface area (TPSA) is 69.6 Å². The molecule has 2 atom stereocenters. The molecule has 0 bridgehead atoms. The summed E-state index contributed by atoms with van der Waals surface area (Å²) in [5.74, 6) is -0.596. The maximum atomic E-state index is 14.0. The van der Waals surface area contributed by atoms with Gasteiger partial charge in [-0.2, -0.15) is 0 Å². The van der Waals surface area contributed by atoms with Gasteiger partial charge in [0.2, 0.25) is 5.91 Å². The first-order chi connectivity index (χ1) is 19.2. The van der Waals surface area contributed by atoms with E-state index in [-0.39, 0.29) is 17.2 Å². The van der Waals surface area contributed by atoms with E-state index in [0.717, 1.165) is 40.8 Å². The van der Waals surface area contributed by atoms with Crippen LogP contribution in [0.15, 0.2) is 66.7 Å². The molecule has 0 aliphatic carbocycles. The fourth-order valence-corrected chi connectivity index (χ4v) is 5.79. The molecule has 5 nitrogen and oxygen atoms in total. The molecule has 6 heteroatoms. The van der Waals surface area contributed by atoms with E-state index < -0.39 is 17.6 Å². The quantitative estimate of drug-likeness (QED) is 0.301. The first-order valence-electron chi connectivity index (χ1n) is 14.5. The SMILES string of the molecule is Cc1cc(Cl)ccc1C(=O)N1CCC[C@H](C(=O)Nc2cccc(C(C)(C)C)c2)[C@@H]1c1ccc(CCC(C)(C)O)cc1. The fourth-order valence-electron chi connectivity index (χ4n) is 5.56. The van der Waals surface area contributed by atoms with Gasteiger partial charge in [0.25, 0.3) is 5.91 Å². The number of nitrogens with zero attached hydrogens (tertiary/aromatic N) is 1. The molecule has 1 aliphatic heterocycles. The summed E-state index contributed by atoms with van der Waals surface area (Å²) in [7, 11) is 0. The van der Waals surface area contributed by atoms with Gasteiger partial charge < -0.3 is 15.3 Å². The smallest absolute Gasteiger partial charge is 0.254 e. The van der Waals surface area contributed by atoms with Crippen LogP contribution in [0.5, 0.6) is 0 Å². The number of nitrogens with one attached hydrogen (secondary N) is 1. The molecule has 1 fully saturated rings. The highest BCUT2D eigenvalue weighted by Gasteiger charge is 2.40. The summed E-state index contributed by atoms with van der Waals surface area (Å²) in [6, 6.07) is 21.1. The average molecular weight is 575 g/mol. The highest BCUT2D eigenvalue weighted by atomic mass is 35.5. The third kappa shape index (κ3) is 7.78. The molecule has 1 aliphatic rings. The Labute approximate surface area is 249 Å². The van der Waals surface area contributed by atoms with Crippen LogP contribution in [0.3, 0.4) is 0 Å². The average Bonchev–Trinajstić information content (AvgIpc) is 2.91. The second kappa shape index (κ2) is 12.4. The van der Waals surface area contributed by atoms with Crippen molar-refractivity contribution in [3.63, 3.8) is 0 Å². The van der Waals surface area contributed by atoms with Crippen LogP contribution < -0.4 is 5.32 Å². The Morgan fingerprint density at radius 1 is 1.00 bits per heavy atom. The number of halogens is 1. The maximum Gasteiger partial charge on any atom is 0.254 e. The molecule has 2 N–H and O–H groups in total. The van der Waals surface area contributed by atoms with Gasteiger partial charge in [-0.1, -0.05) is 68.8 Å². The number of benzene rings is 3. The van der Waals surface area contributed by atoms with Crippen molar-refractivity contribution in [1.29, 1.82) is 0 Å². The number of carbonyl (C=O) groups is 2. The van der Waals surface area contributed by atoms with Crippen molar-refractivity contribution in [1.82, 2.24) is 4.90 Å². The van der Waals surface area contributed by atoms with Crippen LogP contribution in [0.25, 0.3) is 0 Å². The van der Waals surface area contributed by atoms with Crippen molar-refractivity contribution in [2.45, 2.75) is 84.3 Å². The molecule has 3 aromatic rings. The van der Waals surface area contributed by atoms with Crippen LogP contribution in [0.1, 0.15) is 92.5 Å². The van der Waals surface area contributed by atoms with Crippen LogP contribution in [0.4, 0.5) is 5.69 Å². The number of amides is 2. The lowest BCUT2D eigenvalue weighted by atomic mass is 9.82. The number of aliphatic hydroxyl groups is 1. The van der Waals surface area contributed by atoms with Crippen molar-refractivity contribution in [2.24, 2.45) is 5.92 Å².